The summed E-state index contributed by atoms with van der Waals surface area (Å²) in [6.45, 7) is -3.33. The second-order valence-corrected chi connectivity index (χ2v) is 5.38. The molecule has 1 aromatic heterocycles. The van der Waals surface area contributed by atoms with Crippen LogP contribution in [0.4, 0.5) is 24.9 Å². The van der Waals surface area contributed by atoms with Crippen molar-refractivity contribution in [2.24, 2.45) is 10.7 Å². The molecule has 0 spiro atoms. The van der Waals surface area contributed by atoms with Gasteiger partial charge in [-0.1, -0.05) is 12.1 Å². The van der Waals surface area contributed by atoms with Gasteiger partial charge in [-0.05, 0) is 17.7 Å². The van der Waals surface area contributed by atoms with Crippen LogP contribution >= 0.6 is 0 Å². The number of hydrogen-bond acceptors (Lipinski definition) is 8. The van der Waals surface area contributed by atoms with Crippen molar-refractivity contribution in [3.8, 4) is 5.75 Å². The Hall–Kier alpha value is -3.83. The number of halogens is 3. The SMILES string of the molecule is NC=C(C=NCC(=O)O)Nc1ncc(F)c(NCc2cccc(OC(F)F)c2)n1. The van der Waals surface area contributed by atoms with Crippen LogP contribution in [0.5, 0.6) is 5.75 Å². The molecule has 5 N–H and O–H groups in total. The number of nitrogens with two attached hydrogens (primary N) is 1. The highest BCUT2D eigenvalue weighted by molar-refractivity contribution is 5.83. The summed E-state index contributed by atoms with van der Waals surface area (Å²) >= 11 is 0. The number of carboxylic acid groups (broad SMARTS) is 1. The van der Waals surface area contributed by atoms with Gasteiger partial charge in [0.25, 0.3) is 0 Å². The average Bonchev–Trinajstić information content (AvgIpc) is 2.67. The van der Waals surface area contributed by atoms with Crippen LogP contribution in [-0.2, 0) is 11.3 Å². The number of hydrogen-bond donors (Lipinski definition) is 4. The van der Waals surface area contributed by atoms with Crippen LogP contribution in [0.3, 0.4) is 0 Å². The number of aliphatic carboxylic acids is 1. The fourth-order valence-electron chi connectivity index (χ4n) is 2.04. The van der Waals surface area contributed by atoms with Gasteiger partial charge < -0.3 is 26.2 Å². The zero-order chi connectivity index (χ0) is 21.2. The van der Waals surface area contributed by atoms with E-state index in [4.69, 9.17) is 10.8 Å². The molecule has 0 amide bonds. The van der Waals surface area contributed by atoms with E-state index in [0.717, 1.165) is 12.4 Å². The maximum atomic E-state index is 14.0. The molecule has 0 aliphatic carbocycles. The summed E-state index contributed by atoms with van der Waals surface area (Å²) in [6, 6.07) is 5.91. The molecule has 1 aromatic carbocycles. The summed E-state index contributed by atoms with van der Waals surface area (Å²) in [4.78, 5) is 21.8. The molecule has 2 rings (SSSR count). The fraction of sp³-hybridized carbons (Fsp3) is 0.176. The lowest BCUT2D eigenvalue weighted by Crippen LogP contribution is -2.11. The largest absolute Gasteiger partial charge is 0.480 e. The van der Waals surface area contributed by atoms with E-state index in [1.807, 2.05) is 0 Å². The number of carboxylic acids is 1. The predicted octanol–water partition coefficient (Wildman–Crippen LogP) is 2.20. The molecule has 2 aromatic rings. The van der Waals surface area contributed by atoms with Crippen molar-refractivity contribution in [3.05, 3.63) is 53.7 Å². The van der Waals surface area contributed by atoms with Gasteiger partial charge in [0.15, 0.2) is 11.6 Å². The van der Waals surface area contributed by atoms with Crippen LogP contribution in [0.1, 0.15) is 5.56 Å². The van der Waals surface area contributed by atoms with E-state index < -0.39 is 24.9 Å². The Labute approximate surface area is 163 Å². The molecule has 1 heterocycles. The number of alkyl halides is 2. The number of aliphatic imine (C=N–C) groups is 1. The molecule has 9 nitrogen and oxygen atoms in total. The lowest BCUT2D eigenvalue weighted by atomic mass is 10.2. The molecule has 0 saturated carbocycles. The molecular weight excluding hydrogens is 393 g/mol. The first-order chi connectivity index (χ1) is 13.9. The van der Waals surface area contributed by atoms with Crippen molar-refractivity contribution in [3.63, 3.8) is 0 Å². The minimum absolute atomic E-state index is 0.0248. The van der Waals surface area contributed by atoms with Crippen LogP contribution in [0.25, 0.3) is 0 Å². The Morgan fingerprint density at radius 3 is 2.90 bits per heavy atom. The molecular formula is C17H17F3N6O3. The number of ether oxygens (including phenoxy) is 1. The zero-order valence-electron chi connectivity index (χ0n) is 14.8. The topological polar surface area (TPSA) is 135 Å². The minimum atomic E-state index is -2.95. The number of carbonyl (C=O) groups is 1. The average molecular weight is 410 g/mol. The van der Waals surface area contributed by atoms with Gasteiger partial charge in [-0.25, -0.2) is 9.37 Å². The van der Waals surface area contributed by atoms with E-state index in [1.165, 1.54) is 24.4 Å². The van der Waals surface area contributed by atoms with Crippen LogP contribution in [-0.4, -0.2) is 40.4 Å². The summed E-state index contributed by atoms with van der Waals surface area (Å²) in [5.74, 6) is -2.06. The molecule has 0 radical (unpaired) electrons. The Kier molecular flexibility index (Phi) is 7.77. The van der Waals surface area contributed by atoms with Gasteiger partial charge in [0.05, 0.1) is 11.9 Å². The van der Waals surface area contributed by atoms with Crippen LogP contribution in [0.2, 0.25) is 0 Å². The normalized spacial score (nSPS) is 11.7. The molecule has 0 aliphatic heterocycles. The summed E-state index contributed by atoms with van der Waals surface area (Å²) in [6.07, 6.45) is 3.19. The number of allylic oxidation sites excluding steroid dienone is 1. The van der Waals surface area contributed by atoms with Crippen molar-refractivity contribution in [1.82, 2.24) is 9.97 Å². The Bertz CT molecular complexity index is 908. The van der Waals surface area contributed by atoms with Crippen molar-refractivity contribution in [1.29, 1.82) is 0 Å². The maximum absolute atomic E-state index is 14.0. The highest BCUT2D eigenvalue weighted by Gasteiger charge is 2.09. The maximum Gasteiger partial charge on any atom is 0.387 e. The number of rotatable bonds is 10. The summed E-state index contributed by atoms with van der Waals surface area (Å²) in [5, 5.41) is 14.0. The van der Waals surface area contributed by atoms with Gasteiger partial charge in [-0.3, -0.25) is 9.79 Å². The monoisotopic (exact) mass is 410 g/mol. The molecule has 29 heavy (non-hydrogen) atoms. The molecule has 0 bridgehead atoms. The first-order valence-corrected chi connectivity index (χ1v) is 8.08. The lowest BCUT2D eigenvalue weighted by Gasteiger charge is -2.11. The molecule has 0 unspecified atom stereocenters. The molecule has 0 fully saturated rings. The van der Waals surface area contributed by atoms with Crippen molar-refractivity contribution < 1.29 is 27.8 Å². The Balaban J connectivity index is 2.05. The van der Waals surface area contributed by atoms with E-state index in [2.05, 4.69) is 30.3 Å². The fourth-order valence-corrected chi connectivity index (χ4v) is 2.04. The van der Waals surface area contributed by atoms with E-state index in [1.54, 1.807) is 6.07 Å². The molecule has 154 valence electrons. The number of aromatic nitrogens is 2. The van der Waals surface area contributed by atoms with Gasteiger partial charge in [-0.2, -0.15) is 13.8 Å². The van der Waals surface area contributed by atoms with Crippen LogP contribution in [0.15, 0.2) is 47.4 Å². The van der Waals surface area contributed by atoms with Gasteiger partial charge in [0, 0.05) is 19.0 Å². The van der Waals surface area contributed by atoms with Crippen molar-refractivity contribution in [2.75, 3.05) is 17.2 Å². The minimum Gasteiger partial charge on any atom is -0.480 e. The first kappa shape index (κ1) is 21.5. The highest BCUT2D eigenvalue weighted by atomic mass is 19.3. The second kappa shape index (κ2) is 10.5. The molecule has 0 atom stereocenters. The molecule has 0 saturated heterocycles. The quantitative estimate of drug-likeness (QED) is 0.438. The summed E-state index contributed by atoms with van der Waals surface area (Å²) < 4.78 is 42.9. The zero-order valence-corrected chi connectivity index (χ0v) is 14.8. The highest BCUT2D eigenvalue weighted by Crippen LogP contribution is 2.18. The molecule has 0 aliphatic rings. The molecule has 12 heteroatoms. The van der Waals surface area contributed by atoms with E-state index >= 15 is 0 Å². The second-order valence-electron chi connectivity index (χ2n) is 5.38. The van der Waals surface area contributed by atoms with Crippen molar-refractivity contribution in [2.45, 2.75) is 13.2 Å². The third kappa shape index (κ3) is 7.36. The summed E-state index contributed by atoms with van der Waals surface area (Å²) in [5.41, 5.74) is 6.16. The third-order valence-corrected chi connectivity index (χ3v) is 3.22. The number of benzene rings is 1. The smallest absolute Gasteiger partial charge is 0.387 e. The van der Waals surface area contributed by atoms with Crippen LogP contribution in [0, 0.1) is 5.82 Å². The van der Waals surface area contributed by atoms with Gasteiger partial charge in [-0.15, -0.1) is 0 Å². The van der Waals surface area contributed by atoms with E-state index in [9.17, 15) is 18.0 Å². The van der Waals surface area contributed by atoms with Gasteiger partial charge in [0.1, 0.15) is 12.3 Å². The third-order valence-electron chi connectivity index (χ3n) is 3.22. The number of nitrogens with zero attached hydrogens (tertiary/aromatic N) is 3. The van der Waals surface area contributed by atoms with Crippen LogP contribution < -0.4 is 21.1 Å². The Morgan fingerprint density at radius 1 is 1.41 bits per heavy atom. The van der Waals surface area contributed by atoms with Gasteiger partial charge in [0.2, 0.25) is 5.95 Å². The van der Waals surface area contributed by atoms with E-state index in [-0.39, 0.29) is 29.8 Å². The first-order valence-electron chi connectivity index (χ1n) is 8.08. The standard InChI is InChI=1S/C17H17F3N6O3/c18-13-8-24-17(25-11(5-21)7-22-9-14(27)28)26-15(13)23-6-10-2-1-3-12(4-10)29-16(19)20/h1-5,7-8,16H,6,9,21H2,(H,27,28)(H2,23,24,25,26). The predicted molar refractivity (Wildman–Crippen MR) is 99.3 cm³/mol. The van der Waals surface area contributed by atoms with Gasteiger partial charge >= 0.3 is 12.6 Å². The van der Waals surface area contributed by atoms with E-state index in [0.29, 0.717) is 5.56 Å². The van der Waals surface area contributed by atoms with Crippen molar-refractivity contribution >= 4 is 24.0 Å². The number of nitrogens with one attached hydrogen (secondary N) is 2. The summed E-state index contributed by atoms with van der Waals surface area (Å²) in [7, 11) is 0. The number of anilines is 2. The Morgan fingerprint density at radius 2 is 2.21 bits per heavy atom. The lowest BCUT2D eigenvalue weighted by molar-refractivity contribution is -0.135.